The molecule has 0 radical (unpaired) electrons. The smallest absolute Gasteiger partial charge is 0.432 e. The first-order chi connectivity index (χ1) is 15.5. The van der Waals surface area contributed by atoms with Crippen molar-refractivity contribution in [1.29, 1.82) is 5.26 Å². The minimum Gasteiger partial charge on any atom is -0.466 e. The quantitative estimate of drug-likeness (QED) is 0.268. The van der Waals surface area contributed by atoms with Gasteiger partial charge in [-0.25, -0.2) is 14.5 Å². The highest BCUT2D eigenvalue weighted by Gasteiger charge is 2.65. The molecule has 0 saturated carbocycles. The Labute approximate surface area is 197 Å². The summed E-state index contributed by atoms with van der Waals surface area (Å²) >= 11 is 11.9. The van der Waals surface area contributed by atoms with Crippen LogP contribution in [0.25, 0.3) is 5.69 Å². The summed E-state index contributed by atoms with van der Waals surface area (Å²) in [6.45, 7) is 0. The minimum atomic E-state index is -5.74. The molecule has 1 aromatic carbocycles. The van der Waals surface area contributed by atoms with Crippen LogP contribution in [0.3, 0.4) is 0 Å². The number of alkyl halides is 6. The van der Waals surface area contributed by atoms with Crippen LogP contribution in [0.15, 0.2) is 17.1 Å². The van der Waals surface area contributed by atoms with Gasteiger partial charge in [0, 0.05) is 14.1 Å². The number of esters is 1. The van der Waals surface area contributed by atoms with Crippen LogP contribution in [0.4, 0.5) is 32.2 Å². The van der Waals surface area contributed by atoms with Gasteiger partial charge in [-0.05, 0) is 12.1 Å². The van der Waals surface area contributed by atoms with E-state index in [0.29, 0.717) is 23.9 Å². The molecular weight excluding hydrogens is 519 g/mol. The van der Waals surface area contributed by atoms with E-state index in [0.717, 1.165) is 6.34 Å². The number of carbonyl (C=O) groups excluding carboxylic acids is 1. The van der Waals surface area contributed by atoms with Crippen LogP contribution in [0.1, 0.15) is 16.8 Å². The lowest BCUT2D eigenvalue weighted by atomic mass is 9.92. The molecule has 8 nitrogen and oxygen atoms in total. The van der Waals surface area contributed by atoms with Crippen LogP contribution in [-0.4, -0.2) is 59.5 Å². The number of aromatic nitrogens is 2. The lowest BCUT2D eigenvalue weighted by Gasteiger charge is -2.27. The average Bonchev–Trinajstić information content (AvgIpc) is 3.07. The maximum atomic E-state index is 13.9. The van der Waals surface area contributed by atoms with Crippen molar-refractivity contribution in [3.63, 3.8) is 0 Å². The van der Waals surface area contributed by atoms with Crippen molar-refractivity contribution >= 4 is 41.3 Å². The van der Waals surface area contributed by atoms with Crippen LogP contribution in [0.5, 0.6) is 0 Å². The molecule has 0 aliphatic rings. The third kappa shape index (κ3) is 4.77. The maximum Gasteiger partial charge on any atom is 0.432 e. The number of nitrogens with zero attached hydrogens (tertiary/aromatic N) is 5. The summed E-state index contributed by atoms with van der Waals surface area (Å²) in [4.78, 5) is 17.1. The van der Waals surface area contributed by atoms with Crippen LogP contribution < -0.4 is 0 Å². The molecule has 0 bridgehead atoms. The third-order valence-electron chi connectivity index (χ3n) is 4.19. The lowest BCUT2D eigenvalue weighted by molar-refractivity contribution is -0.266. The van der Waals surface area contributed by atoms with Crippen molar-refractivity contribution < 1.29 is 41.0 Å². The van der Waals surface area contributed by atoms with Gasteiger partial charge in [0.05, 0.1) is 34.6 Å². The zero-order valence-corrected chi connectivity index (χ0v) is 18.8. The topological polar surface area (TPSA) is 104 Å². The van der Waals surface area contributed by atoms with Crippen molar-refractivity contribution in [3.05, 3.63) is 39.0 Å². The van der Waals surface area contributed by atoms with Crippen molar-refractivity contribution in [1.82, 2.24) is 14.7 Å². The Morgan fingerprint density at radius 2 is 1.76 bits per heavy atom. The van der Waals surface area contributed by atoms with Gasteiger partial charge in [-0.2, -0.15) is 36.7 Å². The molecule has 1 N–H and O–H groups in total. The number of halogens is 8. The molecule has 16 heteroatoms. The van der Waals surface area contributed by atoms with Crippen LogP contribution in [0.2, 0.25) is 10.0 Å². The molecule has 0 aliphatic heterocycles. The van der Waals surface area contributed by atoms with Gasteiger partial charge in [0.1, 0.15) is 11.8 Å². The molecule has 2 aromatic rings. The summed E-state index contributed by atoms with van der Waals surface area (Å²) in [6.07, 6.45) is -9.69. The summed E-state index contributed by atoms with van der Waals surface area (Å²) in [6, 6.07) is 2.14. The van der Waals surface area contributed by atoms with E-state index in [1.165, 1.54) is 25.1 Å². The molecule has 1 aromatic heterocycles. The number of hydrogen-bond acceptors (Lipinski definition) is 6. The number of rotatable bonds is 5. The molecule has 0 spiro atoms. The van der Waals surface area contributed by atoms with Crippen molar-refractivity contribution in [2.75, 3.05) is 21.2 Å². The van der Waals surface area contributed by atoms with E-state index in [-0.39, 0.29) is 0 Å². The number of benzene rings is 1. The highest BCUT2D eigenvalue weighted by atomic mass is 35.5. The second-order valence-corrected chi connectivity index (χ2v) is 7.58. The largest absolute Gasteiger partial charge is 0.466 e. The van der Waals surface area contributed by atoms with Gasteiger partial charge in [0.25, 0.3) is 5.60 Å². The van der Waals surface area contributed by atoms with Gasteiger partial charge >= 0.3 is 18.3 Å². The Kier molecular flexibility index (Phi) is 7.46. The summed E-state index contributed by atoms with van der Waals surface area (Å²) in [5.41, 5.74) is -8.91. The molecule has 0 saturated heterocycles. The molecule has 34 heavy (non-hydrogen) atoms. The highest BCUT2D eigenvalue weighted by Crippen LogP contribution is 2.47. The number of aliphatic hydroxyl groups is 1. The first-order valence-corrected chi connectivity index (χ1v) is 9.44. The third-order valence-corrected chi connectivity index (χ3v) is 4.76. The molecule has 0 amide bonds. The molecular formula is C18H13Cl2F6N5O3. The number of carbonyl (C=O) groups is 1. The Hall–Kier alpha value is -3.02. The summed E-state index contributed by atoms with van der Waals surface area (Å²) < 4.78 is 85.6. The predicted molar refractivity (Wildman–Crippen MR) is 107 cm³/mol. The molecule has 1 heterocycles. The van der Waals surface area contributed by atoms with Crippen LogP contribution in [0, 0.1) is 11.3 Å². The fraction of sp³-hybridized carbons (Fsp3) is 0.333. The predicted octanol–water partition coefficient (Wildman–Crippen LogP) is 4.21. The number of ether oxygens (including phenoxy) is 1. The van der Waals surface area contributed by atoms with E-state index in [1.54, 1.807) is 0 Å². The minimum absolute atomic E-state index is 0.415. The molecule has 184 valence electrons. The van der Waals surface area contributed by atoms with Crippen molar-refractivity contribution in [3.8, 4) is 11.8 Å². The first kappa shape index (κ1) is 27.2. The van der Waals surface area contributed by atoms with Gasteiger partial charge in [-0.3, -0.25) is 0 Å². The van der Waals surface area contributed by atoms with E-state index < -0.39 is 62.3 Å². The number of methoxy groups -OCH3 is 1. The van der Waals surface area contributed by atoms with E-state index in [4.69, 9.17) is 23.2 Å². The Morgan fingerprint density at radius 3 is 2.15 bits per heavy atom. The Bertz CT molecular complexity index is 1160. The van der Waals surface area contributed by atoms with Gasteiger partial charge in [0.2, 0.25) is 0 Å². The standard InChI is InChI=1S/C18H13Cl2F6N5O3/c1-30(2)7-28-14-12(16(33,15(32)34-3)18(24,25)26)11(6-27)29-31(14)13-9(19)4-8(5-10(13)20)17(21,22)23/h4-5,7,33H,1-3H3. The van der Waals surface area contributed by atoms with E-state index >= 15 is 0 Å². The molecule has 2 rings (SSSR count). The average molecular weight is 532 g/mol. The fourth-order valence-electron chi connectivity index (χ4n) is 2.70. The summed E-state index contributed by atoms with van der Waals surface area (Å²) in [7, 11) is 3.37. The maximum absolute atomic E-state index is 13.9. The molecule has 1 atom stereocenters. The van der Waals surface area contributed by atoms with Crippen molar-refractivity contribution in [2.45, 2.75) is 18.0 Å². The van der Waals surface area contributed by atoms with Gasteiger partial charge in [-0.1, -0.05) is 23.2 Å². The number of aliphatic imine (C=N–C) groups is 1. The zero-order valence-electron chi connectivity index (χ0n) is 17.3. The second-order valence-electron chi connectivity index (χ2n) is 6.77. The molecule has 0 aliphatic carbocycles. The second kappa shape index (κ2) is 9.32. The van der Waals surface area contributed by atoms with Gasteiger partial charge in [0.15, 0.2) is 11.5 Å². The normalized spacial score (nSPS) is 14.1. The Balaban J connectivity index is 3.06. The van der Waals surface area contributed by atoms with E-state index in [1.807, 2.05) is 0 Å². The Morgan fingerprint density at radius 1 is 1.24 bits per heavy atom. The van der Waals surface area contributed by atoms with Gasteiger partial charge in [-0.15, -0.1) is 0 Å². The number of nitriles is 1. The zero-order chi connectivity index (χ0) is 26.2. The van der Waals surface area contributed by atoms with E-state index in [9.17, 15) is 41.5 Å². The summed E-state index contributed by atoms with van der Waals surface area (Å²) in [5, 5.41) is 22.0. The van der Waals surface area contributed by atoms with Crippen LogP contribution in [-0.2, 0) is 21.3 Å². The molecule has 1 unspecified atom stereocenters. The lowest BCUT2D eigenvalue weighted by Crippen LogP contribution is -2.50. The van der Waals surface area contributed by atoms with Crippen LogP contribution >= 0.6 is 23.2 Å². The monoisotopic (exact) mass is 531 g/mol. The van der Waals surface area contributed by atoms with Gasteiger partial charge < -0.3 is 14.7 Å². The molecule has 0 fully saturated rings. The fourth-order valence-corrected chi connectivity index (χ4v) is 3.35. The van der Waals surface area contributed by atoms with E-state index in [2.05, 4.69) is 14.8 Å². The van der Waals surface area contributed by atoms with Crippen molar-refractivity contribution in [2.24, 2.45) is 4.99 Å². The first-order valence-electron chi connectivity index (χ1n) is 8.69. The highest BCUT2D eigenvalue weighted by molar-refractivity contribution is 6.38. The summed E-state index contributed by atoms with van der Waals surface area (Å²) in [5.74, 6) is -3.19. The SMILES string of the molecule is COC(=O)C(O)(c1c(C#N)nn(-c2c(Cl)cc(C(F)(F)F)cc2Cl)c1N=CN(C)C)C(F)(F)F. The number of hydrogen-bond donors (Lipinski definition) is 1.